The molecule has 0 aliphatic carbocycles. The zero-order valence-corrected chi connectivity index (χ0v) is 9.16. The van der Waals surface area contributed by atoms with Gasteiger partial charge in [-0.05, 0) is 0 Å². The lowest BCUT2D eigenvalue weighted by molar-refractivity contribution is 0.0687. The molecule has 5 nitrogen and oxygen atoms in total. The molecule has 0 aliphatic heterocycles. The van der Waals surface area contributed by atoms with Gasteiger partial charge in [0.25, 0.3) is 0 Å². The maximum absolute atomic E-state index is 13.4. The Labute approximate surface area is 106 Å². The molecule has 0 aliphatic rings. The van der Waals surface area contributed by atoms with Crippen molar-refractivity contribution in [3.63, 3.8) is 0 Å². The second-order valence-corrected chi connectivity index (χ2v) is 3.53. The molecule has 0 radical (unpaired) electrons. The van der Waals surface area contributed by atoms with Crippen LogP contribution in [-0.2, 0) is 0 Å². The third-order valence-corrected chi connectivity index (χ3v) is 2.31. The van der Waals surface area contributed by atoms with Crippen LogP contribution in [0.5, 0.6) is 5.75 Å². The van der Waals surface area contributed by atoms with E-state index in [0.717, 1.165) is 0 Å². The zero-order chi connectivity index (χ0) is 15.2. The van der Waals surface area contributed by atoms with Crippen LogP contribution in [-0.4, -0.2) is 26.0 Å². The van der Waals surface area contributed by atoms with E-state index in [-0.39, 0.29) is 4.68 Å². The molecule has 0 saturated heterocycles. The highest BCUT2D eigenvalue weighted by atomic mass is 19.2. The van der Waals surface area contributed by atoms with E-state index < -0.39 is 52.2 Å². The van der Waals surface area contributed by atoms with E-state index >= 15 is 0 Å². The normalized spacial score (nSPS) is 10.8. The van der Waals surface area contributed by atoms with E-state index in [1.54, 1.807) is 0 Å². The van der Waals surface area contributed by atoms with Crippen molar-refractivity contribution in [3.8, 4) is 11.4 Å². The van der Waals surface area contributed by atoms with Gasteiger partial charge in [-0.1, -0.05) is 0 Å². The molecule has 0 spiro atoms. The molecule has 10 heteroatoms. The van der Waals surface area contributed by atoms with E-state index in [4.69, 9.17) is 10.2 Å². The van der Waals surface area contributed by atoms with Crippen molar-refractivity contribution in [1.29, 1.82) is 0 Å². The van der Waals surface area contributed by atoms with Gasteiger partial charge in [-0.3, -0.25) is 0 Å². The van der Waals surface area contributed by atoms with Crippen molar-refractivity contribution >= 4 is 5.97 Å². The minimum absolute atomic E-state index is 0.0506. The van der Waals surface area contributed by atoms with Gasteiger partial charge in [-0.25, -0.2) is 31.4 Å². The summed E-state index contributed by atoms with van der Waals surface area (Å²) in [5.41, 5.74) is -2.50. The number of hydrogen-bond acceptors (Lipinski definition) is 3. The summed E-state index contributed by atoms with van der Waals surface area (Å²) >= 11 is 0. The molecule has 106 valence electrons. The summed E-state index contributed by atoms with van der Waals surface area (Å²) < 4.78 is 65.7. The molecule has 0 bridgehead atoms. The van der Waals surface area contributed by atoms with Gasteiger partial charge in [0.2, 0.25) is 11.5 Å². The molecular weight excluding hydrogens is 291 g/mol. The number of hydrogen-bond donors (Lipinski definition) is 2. The van der Waals surface area contributed by atoms with E-state index in [0.29, 0.717) is 6.20 Å². The Kier molecular flexibility index (Phi) is 3.08. The van der Waals surface area contributed by atoms with Crippen LogP contribution in [0.15, 0.2) is 6.20 Å². The molecule has 0 atom stereocenters. The molecule has 20 heavy (non-hydrogen) atoms. The van der Waals surface area contributed by atoms with Crippen LogP contribution in [0.2, 0.25) is 0 Å². The van der Waals surface area contributed by atoms with Crippen LogP contribution >= 0.6 is 0 Å². The monoisotopic (exact) mass is 294 g/mol. The van der Waals surface area contributed by atoms with Crippen LogP contribution in [0.4, 0.5) is 22.0 Å². The highest BCUT2D eigenvalue weighted by Crippen LogP contribution is 2.27. The number of halogens is 5. The van der Waals surface area contributed by atoms with Gasteiger partial charge < -0.3 is 10.2 Å². The molecule has 1 aromatic heterocycles. The number of nitrogens with zero attached hydrogens (tertiary/aromatic N) is 2. The topological polar surface area (TPSA) is 75.3 Å². The Hall–Kier alpha value is -2.65. The van der Waals surface area contributed by atoms with Crippen molar-refractivity contribution in [2.45, 2.75) is 0 Å². The number of aromatic nitrogens is 2. The first-order valence-corrected chi connectivity index (χ1v) is 4.79. The smallest absolute Gasteiger partial charge is 0.360 e. The Balaban J connectivity index is 2.77. The second kappa shape index (κ2) is 4.47. The minimum atomic E-state index is -2.36. The summed E-state index contributed by atoms with van der Waals surface area (Å²) in [6.07, 6.45) is 0.404. The summed E-state index contributed by atoms with van der Waals surface area (Å²) in [4.78, 5) is 10.6. The maximum Gasteiger partial charge on any atom is 0.360 e. The number of aromatic carboxylic acids is 1. The van der Waals surface area contributed by atoms with Crippen LogP contribution in [0.25, 0.3) is 5.69 Å². The lowest BCUT2D eigenvalue weighted by atomic mass is 10.2. The van der Waals surface area contributed by atoms with Crippen LogP contribution < -0.4 is 0 Å². The van der Waals surface area contributed by atoms with Gasteiger partial charge in [0, 0.05) is 0 Å². The Morgan fingerprint density at radius 3 is 1.85 bits per heavy atom. The van der Waals surface area contributed by atoms with Crippen molar-refractivity contribution in [1.82, 2.24) is 9.78 Å². The van der Waals surface area contributed by atoms with Crippen LogP contribution in [0.1, 0.15) is 10.5 Å². The lowest BCUT2D eigenvalue weighted by Crippen LogP contribution is -2.11. The van der Waals surface area contributed by atoms with Crippen molar-refractivity contribution in [2.75, 3.05) is 0 Å². The Bertz CT molecular complexity index is 699. The largest absolute Gasteiger partial charge is 0.504 e. The summed E-state index contributed by atoms with van der Waals surface area (Å²) in [6.45, 7) is 0. The SMILES string of the molecule is O=C(O)c1nn(-c2c(F)c(F)c(F)c(F)c2F)cc1O. The first-order chi connectivity index (χ1) is 9.25. The number of carboxylic acids is 1. The molecule has 0 saturated carbocycles. The average molecular weight is 294 g/mol. The summed E-state index contributed by atoms with van der Waals surface area (Å²) in [5, 5.41) is 20.8. The van der Waals surface area contributed by atoms with Crippen molar-refractivity contribution < 1.29 is 37.0 Å². The molecule has 0 amide bonds. The van der Waals surface area contributed by atoms with Crippen molar-refractivity contribution in [2.24, 2.45) is 0 Å². The van der Waals surface area contributed by atoms with Gasteiger partial charge in [-0.15, -0.1) is 0 Å². The quantitative estimate of drug-likeness (QED) is 0.504. The van der Waals surface area contributed by atoms with Gasteiger partial charge in [-0.2, -0.15) is 5.10 Å². The minimum Gasteiger partial charge on any atom is -0.504 e. The molecule has 0 fully saturated rings. The molecule has 2 aromatic rings. The predicted molar refractivity (Wildman–Crippen MR) is 52.0 cm³/mol. The summed E-state index contributed by atoms with van der Waals surface area (Å²) in [5.74, 6) is -14.0. The number of carboxylic acid groups (broad SMARTS) is 1. The molecule has 1 aromatic carbocycles. The number of aromatic hydroxyl groups is 1. The summed E-state index contributed by atoms with van der Waals surface area (Å²) in [6, 6.07) is 0. The molecular formula is C10H3F5N2O3. The fraction of sp³-hybridized carbons (Fsp3) is 0. The van der Waals surface area contributed by atoms with E-state index in [2.05, 4.69) is 5.10 Å². The molecule has 0 unspecified atom stereocenters. The Morgan fingerprint density at radius 1 is 1.00 bits per heavy atom. The fourth-order valence-corrected chi connectivity index (χ4v) is 1.43. The van der Waals surface area contributed by atoms with Crippen LogP contribution in [0, 0.1) is 29.1 Å². The average Bonchev–Trinajstić information content (AvgIpc) is 2.76. The maximum atomic E-state index is 13.4. The number of rotatable bonds is 2. The molecule has 2 rings (SSSR count). The first-order valence-electron chi connectivity index (χ1n) is 4.79. The highest BCUT2D eigenvalue weighted by molar-refractivity contribution is 5.88. The fourth-order valence-electron chi connectivity index (χ4n) is 1.43. The van der Waals surface area contributed by atoms with Crippen LogP contribution in [0.3, 0.4) is 0 Å². The highest BCUT2D eigenvalue weighted by Gasteiger charge is 2.28. The van der Waals surface area contributed by atoms with E-state index in [1.165, 1.54) is 0 Å². The Morgan fingerprint density at radius 2 is 1.45 bits per heavy atom. The molecule has 1 heterocycles. The lowest BCUT2D eigenvalue weighted by Gasteiger charge is -2.07. The first kappa shape index (κ1) is 13.8. The molecule has 2 N–H and O–H groups in total. The van der Waals surface area contributed by atoms with E-state index in [1.807, 2.05) is 0 Å². The van der Waals surface area contributed by atoms with Gasteiger partial charge in [0.05, 0.1) is 6.20 Å². The van der Waals surface area contributed by atoms with Gasteiger partial charge in [0.15, 0.2) is 29.0 Å². The predicted octanol–water partition coefficient (Wildman–Crippen LogP) is 1.97. The third-order valence-electron chi connectivity index (χ3n) is 2.31. The van der Waals surface area contributed by atoms with Crippen molar-refractivity contribution in [3.05, 3.63) is 41.0 Å². The zero-order valence-electron chi connectivity index (χ0n) is 9.16. The van der Waals surface area contributed by atoms with Gasteiger partial charge in [0.1, 0.15) is 5.69 Å². The van der Waals surface area contributed by atoms with Gasteiger partial charge >= 0.3 is 5.97 Å². The standard InChI is InChI=1S/C10H3F5N2O3/c11-3-4(12)6(14)9(7(15)5(3)13)17-1-2(18)8(16-17)10(19)20/h1,18H,(H,19,20). The second-order valence-electron chi connectivity index (χ2n) is 3.53. The number of carbonyl (C=O) groups is 1. The third kappa shape index (κ3) is 1.85. The number of benzene rings is 1. The summed E-state index contributed by atoms with van der Waals surface area (Å²) in [7, 11) is 0. The van der Waals surface area contributed by atoms with E-state index in [9.17, 15) is 26.7 Å².